The van der Waals surface area contributed by atoms with Gasteiger partial charge in [0.05, 0.1) is 13.2 Å². The van der Waals surface area contributed by atoms with Crippen LogP contribution in [0.2, 0.25) is 0 Å². The fourth-order valence-electron chi connectivity index (χ4n) is 2.32. The molecule has 2 aliphatic rings. The Balaban J connectivity index is 1.86. The summed E-state index contributed by atoms with van der Waals surface area (Å²) in [6.07, 6.45) is 4.57. The molecule has 0 spiro atoms. The van der Waals surface area contributed by atoms with Crippen molar-refractivity contribution in [3.63, 3.8) is 0 Å². The summed E-state index contributed by atoms with van der Waals surface area (Å²) in [4.78, 5) is 0. The molecule has 1 aliphatic heterocycles. The first-order valence-corrected chi connectivity index (χ1v) is 5.76. The van der Waals surface area contributed by atoms with Crippen LogP contribution >= 0.6 is 0 Å². The van der Waals surface area contributed by atoms with E-state index in [0.29, 0.717) is 12.0 Å². The monoisotopic (exact) mass is 199 g/mol. The number of nitrogens with one attached hydrogen (secondary N) is 1. The van der Waals surface area contributed by atoms with Crippen molar-refractivity contribution in [1.82, 2.24) is 5.32 Å². The van der Waals surface area contributed by atoms with Gasteiger partial charge in [-0.2, -0.15) is 0 Å². The molecule has 2 unspecified atom stereocenters. The van der Waals surface area contributed by atoms with E-state index < -0.39 is 0 Å². The summed E-state index contributed by atoms with van der Waals surface area (Å²) in [7, 11) is 0. The lowest BCUT2D eigenvalue weighted by Gasteiger charge is -2.27. The van der Waals surface area contributed by atoms with Crippen molar-refractivity contribution < 1.29 is 9.84 Å². The van der Waals surface area contributed by atoms with E-state index in [4.69, 9.17) is 4.74 Å². The molecular weight excluding hydrogens is 178 g/mol. The lowest BCUT2D eigenvalue weighted by atomic mass is 9.95. The van der Waals surface area contributed by atoms with Crippen LogP contribution in [-0.2, 0) is 4.74 Å². The average molecular weight is 199 g/mol. The zero-order chi connectivity index (χ0) is 10.0. The Kier molecular flexibility index (Phi) is 3.10. The normalized spacial score (nSPS) is 31.7. The molecular formula is C11H21NO2. The highest BCUT2D eigenvalue weighted by Crippen LogP contribution is 2.36. The minimum atomic E-state index is 0.0727. The third-order valence-electron chi connectivity index (χ3n) is 3.62. The van der Waals surface area contributed by atoms with Gasteiger partial charge in [0, 0.05) is 18.2 Å². The molecule has 1 saturated heterocycles. The fraction of sp³-hybridized carbons (Fsp3) is 1.00. The smallest absolute Gasteiger partial charge is 0.0613 e. The summed E-state index contributed by atoms with van der Waals surface area (Å²) < 4.78 is 5.41. The molecule has 0 bridgehead atoms. The SMILES string of the molecule is CCC(NC1(CO)CC1)C1CCOC1. The van der Waals surface area contributed by atoms with Crippen molar-refractivity contribution in [2.75, 3.05) is 19.8 Å². The highest BCUT2D eigenvalue weighted by molar-refractivity contribution is 5.03. The first-order valence-electron chi connectivity index (χ1n) is 5.76. The summed E-state index contributed by atoms with van der Waals surface area (Å²) in [5, 5.41) is 12.9. The lowest BCUT2D eigenvalue weighted by Crippen LogP contribution is -2.46. The number of hydrogen-bond donors (Lipinski definition) is 2. The highest BCUT2D eigenvalue weighted by atomic mass is 16.5. The van der Waals surface area contributed by atoms with Crippen molar-refractivity contribution in [3.8, 4) is 0 Å². The maximum Gasteiger partial charge on any atom is 0.0613 e. The molecule has 1 heterocycles. The number of rotatable bonds is 5. The molecule has 14 heavy (non-hydrogen) atoms. The Labute approximate surface area is 85.8 Å². The Hall–Kier alpha value is -0.120. The Morgan fingerprint density at radius 3 is 2.79 bits per heavy atom. The molecule has 2 N–H and O–H groups in total. The third kappa shape index (κ3) is 2.10. The van der Waals surface area contributed by atoms with Crippen LogP contribution in [0.5, 0.6) is 0 Å². The summed E-state index contributed by atoms with van der Waals surface area (Å²) in [6.45, 7) is 4.31. The van der Waals surface area contributed by atoms with Gasteiger partial charge in [-0.3, -0.25) is 0 Å². The van der Waals surface area contributed by atoms with E-state index in [9.17, 15) is 5.11 Å². The number of aliphatic hydroxyl groups is 1. The molecule has 0 aromatic heterocycles. The molecule has 3 heteroatoms. The van der Waals surface area contributed by atoms with Crippen LogP contribution in [-0.4, -0.2) is 36.5 Å². The summed E-state index contributed by atoms with van der Waals surface area (Å²) in [5.41, 5.74) is 0.0727. The number of ether oxygens (including phenoxy) is 1. The van der Waals surface area contributed by atoms with Gasteiger partial charge >= 0.3 is 0 Å². The standard InChI is InChI=1S/C11H21NO2/c1-2-10(9-3-6-14-7-9)12-11(8-13)4-5-11/h9-10,12-13H,2-8H2,1H3. The Morgan fingerprint density at radius 2 is 2.36 bits per heavy atom. The van der Waals surface area contributed by atoms with Crippen molar-refractivity contribution >= 4 is 0 Å². The molecule has 0 radical (unpaired) electrons. The van der Waals surface area contributed by atoms with E-state index in [2.05, 4.69) is 12.2 Å². The molecule has 2 atom stereocenters. The zero-order valence-electron chi connectivity index (χ0n) is 8.96. The second-order valence-corrected chi connectivity index (χ2v) is 4.72. The quantitative estimate of drug-likeness (QED) is 0.691. The predicted molar refractivity (Wildman–Crippen MR) is 55.2 cm³/mol. The van der Waals surface area contributed by atoms with E-state index in [1.54, 1.807) is 0 Å². The van der Waals surface area contributed by atoms with Crippen molar-refractivity contribution in [1.29, 1.82) is 0 Å². The molecule has 0 aromatic rings. The average Bonchev–Trinajstić information content (AvgIpc) is 2.78. The van der Waals surface area contributed by atoms with Gasteiger partial charge < -0.3 is 15.2 Å². The predicted octanol–water partition coefficient (Wildman–Crippen LogP) is 0.916. The van der Waals surface area contributed by atoms with E-state index in [1.165, 1.54) is 6.42 Å². The number of aliphatic hydroxyl groups excluding tert-OH is 1. The van der Waals surface area contributed by atoms with E-state index in [-0.39, 0.29) is 12.1 Å². The molecule has 3 nitrogen and oxygen atoms in total. The second-order valence-electron chi connectivity index (χ2n) is 4.72. The summed E-state index contributed by atoms with van der Waals surface area (Å²) >= 11 is 0. The molecule has 2 fully saturated rings. The Bertz CT molecular complexity index is 186. The molecule has 2 rings (SSSR count). The van der Waals surface area contributed by atoms with Gasteiger partial charge in [0.2, 0.25) is 0 Å². The summed E-state index contributed by atoms with van der Waals surface area (Å²) in [6, 6.07) is 0.534. The lowest BCUT2D eigenvalue weighted by molar-refractivity contribution is 0.162. The minimum absolute atomic E-state index is 0.0727. The maximum atomic E-state index is 9.25. The number of hydrogen-bond acceptors (Lipinski definition) is 3. The van der Waals surface area contributed by atoms with Crippen LogP contribution < -0.4 is 5.32 Å². The van der Waals surface area contributed by atoms with Crippen LogP contribution in [0.1, 0.15) is 32.6 Å². The van der Waals surface area contributed by atoms with Gasteiger partial charge in [0.1, 0.15) is 0 Å². The van der Waals surface area contributed by atoms with Gasteiger partial charge in [-0.05, 0) is 31.6 Å². The van der Waals surface area contributed by atoms with Crippen LogP contribution in [0.15, 0.2) is 0 Å². The van der Waals surface area contributed by atoms with Gasteiger partial charge in [-0.15, -0.1) is 0 Å². The van der Waals surface area contributed by atoms with E-state index >= 15 is 0 Å². The van der Waals surface area contributed by atoms with Crippen molar-refractivity contribution in [2.45, 2.75) is 44.2 Å². The van der Waals surface area contributed by atoms with Gasteiger partial charge in [-0.1, -0.05) is 6.92 Å². The second kappa shape index (κ2) is 4.17. The first-order chi connectivity index (χ1) is 6.79. The maximum absolute atomic E-state index is 9.25. The van der Waals surface area contributed by atoms with Gasteiger partial charge in [0.15, 0.2) is 0 Å². The third-order valence-corrected chi connectivity index (χ3v) is 3.62. The van der Waals surface area contributed by atoms with Gasteiger partial charge in [-0.25, -0.2) is 0 Å². The topological polar surface area (TPSA) is 41.5 Å². The summed E-state index contributed by atoms with van der Waals surface area (Å²) in [5.74, 6) is 0.657. The Morgan fingerprint density at radius 1 is 1.57 bits per heavy atom. The highest BCUT2D eigenvalue weighted by Gasteiger charge is 2.44. The molecule has 1 saturated carbocycles. The molecule has 1 aliphatic carbocycles. The van der Waals surface area contributed by atoms with Crippen LogP contribution in [0.3, 0.4) is 0 Å². The fourth-order valence-corrected chi connectivity index (χ4v) is 2.32. The van der Waals surface area contributed by atoms with Gasteiger partial charge in [0.25, 0.3) is 0 Å². The van der Waals surface area contributed by atoms with E-state index in [1.807, 2.05) is 0 Å². The van der Waals surface area contributed by atoms with Crippen molar-refractivity contribution in [3.05, 3.63) is 0 Å². The zero-order valence-corrected chi connectivity index (χ0v) is 8.96. The van der Waals surface area contributed by atoms with Crippen LogP contribution in [0.25, 0.3) is 0 Å². The first kappa shape index (κ1) is 10.4. The van der Waals surface area contributed by atoms with Crippen molar-refractivity contribution in [2.24, 2.45) is 5.92 Å². The largest absolute Gasteiger partial charge is 0.394 e. The van der Waals surface area contributed by atoms with Crippen LogP contribution in [0.4, 0.5) is 0 Å². The molecule has 82 valence electrons. The molecule has 0 aromatic carbocycles. The van der Waals surface area contributed by atoms with E-state index in [0.717, 1.165) is 32.5 Å². The molecule has 0 amide bonds. The minimum Gasteiger partial charge on any atom is -0.394 e. The van der Waals surface area contributed by atoms with Crippen LogP contribution in [0, 0.1) is 5.92 Å².